The number of aromatic nitrogens is 3. The number of ether oxygens (including phenoxy) is 2. The molecule has 7 heteroatoms. The van der Waals surface area contributed by atoms with Gasteiger partial charge in [-0.1, -0.05) is 12.1 Å². The summed E-state index contributed by atoms with van der Waals surface area (Å²) >= 11 is 0. The van der Waals surface area contributed by atoms with E-state index in [-0.39, 0.29) is 12.5 Å². The van der Waals surface area contributed by atoms with Crippen LogP contribution in [0.25, 0.3) is 0 Å². The number of fused-ring (bicyclic) bond motifs is 1. The molecule has 0 fully saturated rings. The molecular formula is C14H16N4O3. The number of nitrogens with one attached hydrogen (secondary N) is 1. The van der Waals surface area contributed by atoms with Gasteiger partial charge in [-0.2, -0.15) is 0 Å². The predicted molar refractivity (Wildman–Crippen MR) is 73.9 cm³/mol. The highest BCUT2D eigenvalue weighted by Crippen LogP contribution is 2.30. The molecule has 1 aromatic carbocycles. The molecule has 0 radical (unpaired) electrons. The van der Waals surface area contributed by atoms with Crippen molar-refractivity contribution >= 4 is 5.91 Å². The smallest absolute Gasteiger partial charge is 0.265 e. The lowest BCUT2D eigenvalue weighted by Gasteiger charge is -2.25. The Bertz CT molecular complexity index is 641. The van der Waals surface area contributed by atoms with Crippen LogP contribution in [0.1, 0.15) is 12.7 Å². The van der Waals surface area contributed by atoms with E-state index < -0.39 is 6.10 Å². The van der Waals surface area contributed by atoms with E-state index in [1.165, 1.54) is 0 Å². The van der Waals surface area contributed by atoms with Crippen molar-refractivity contribution in [1.82, 2.24) is 20.1 Å². The fourth-order valence-electron chi connectivity index (χ4n) is 2.11. The third-order valence-corrected chi connectivity index (χ3v) is 3.26. The molecule has 110 valence electrons. The fraction of sp³-hybridized carbons (Fsp3) is 0.357. The maximum absolute atomic E-state index is 12.1. The van der Waals surface area contributed by atoms with E-state index in [0.717, 1.165) is 6.54 Å². The number of aryl methyl sites for hydroxylation is 1. The number of benzene rings is 1. The summed E-state index contributed by atoms with van der Waals surface area (Å²) in [7, 11) is 0. The van der Waals surface area contributed by atoms with Crippen LogP contribution in [0.2, 0.25) is 0 Å². The Balaban J connectivity index is 1.60. The van der Waals surface area contributed by atoms with Gasteiger partial charge < -0.3 is 19.4 Å². The lowest BCUT2D eigenvalue weighted by Crippen LogP contribution is -2.44. The molecule has 0 spiro atoms. The largest absolute Gasteiger partial charge is 0.485 e. The number of hydrogen-bond acceptors (Lipinski definition) is 5. The molecule has 1 atom stereocenters. The monoisotopic (exact) mass is 288 g/mol. The Morgan fingerprint density at radius 1 is 1.43 bits per heavy atom. The summed E-state index contributed by atoms with van der Waals surface area (Å²) < 4.78 is 13.0. The standard InChI is InChI=1S/C14H16N4O3/c1-2-18-9-16-17-13(18)7-15-14(19)12-8-20-10-5-3-4-6-11(10)21-12/h3-6,9,12H,2,7-8H2,1H3,(H,15,19)/t12-/m0/s1. The highest BCUT2D eigenvalue weighted by atomic mass is 16.6. The maximum atomic E-state index is 12.1. The molecule has 0 unspecified atom stereocenters. The average Bonchev–Trinajstić information content (AvgIpc) is 2.99. The van der Waals surface area contributed by atoms with Crippen molar-refractivity contribution in [2.45, 2.75) is 26.1 Å². The Labute approximate surface area is 121 Å². The van der Waals surface area contributed by atoms with E-state index >= 15 is 0 Å². The Morgan fingerprint density at radius 2 is 2.24 bits per heavy atom. The summed E-state index contributed by atoms with van der Waals surface area (Å²) in [6.45, 7) is 3.26. The number of carbonyl (C=O) groups excluding carboxylic acids is 1. The van der Waals surface area contributed by atoms with Crippen LogP contribution in [0.3, 0.4) is 0 Å². The second kappa shape index (κ2) is 5.82. The minimum absolute atomic E-state index is 0.198. The van der Waals surface area contributed by atoms with Gasteiger partial charge in [-0.3, -0.25) is 4.79 Å². The number of nitrogens with zero attached hydrogens (tertiary/aromatic N) is 3. The summed E-state index contributed by atoms with van der Waals surface area (Å²) in [6, 6.07) is 7.29. The van der Waals surface area contributed by atoms with Gasteiger partial charge in [-0.15, -0.1) is 10.2 Å². The van der Waals surface area contributed by atoms with Gasteiger partial charge >= 0.3 is 0 Å². The first-order valence-electron chi connectivity index (χ1n) is 6.81. The molecule has 1 aliphatic rings. The second-order valence-corrected chi connectivity index (χ2v) is 4.62. The molecular weight excluding hydrogens is 272 g/mol. The normalized spacial score (nSPS) is 16.5. The first-order valence-corrected chi connectivity index (χ1v) is 6.81. The molecule has 2 heterocycles. The number of amides is 1. The number of para-hydroxylation sites is 2. The first kappa shape index (κ1) is 13.4. The van der Waals surface area contributed by atoms with Gasteiger partial charge in [0.2, 0.25) is 6.10 Å². The van der Waals surface area contributed by atoms with Crippen molar-refractivity contribution < 1.29 is 14.3 Å². The van der Waals surface area contributed by atoms with E-state index in [1.807, 2.05) is 29.7 Å². The quantitative estimate of drug-likeness (QED) is 0.898. The molecule has 3 rings (SSSR count). The van der Waals surface area contributed by atoms with Crippen molar-refractivity contribution in [3.63, 3.8) is 0 Å². The number of hydrogen-bond donors (Lipinski definition) is 1. The van der Waals surface area contributed by atoms with Gasteiger partial charge in [0.05, 0.1) is 6.54 Å². The Kier molecular flexibility index (Phi) is 3.72. The van der Waals surface area contributed by atoms with Crippen molar-refractivity contribution in [3.05, 3.63) is 36.4 Å². The lowest BCUT2D eigenvalue weighted by atomic mass is 10.2. The molecule has 7 nitrogen and oxygen atoms in total. The van der Waals surface area contributed by atoms with Crippen molar-refractivity contribution in [3.8, 4) is 11.5 Å². The van der Waals surface area contributed by atoms with Gasteiger partial charge in [0.1, 0.15) is 12.9 Å². The molecule has 0 bridgehead atoms. The van der Waals surface area contributed by atoms with Gasteiger partial charge in [0.25, 0.3) is 5.91 Å². The molecule has 0 aliphatic carbocycles. The summed E-state index contributed by atoms with van der Waals surface area (Å²) in [6.07, 6.45) is 0.982. The molecule has 0 saturated carbocycles. The predicted octanol–water partition coefficient (Wildman–Crippen LogP) is 0.754. The van der Waals surface area contributed by atoms with E-state index in [1.54, 1.807) is 12.4 Å². The van der Waals surface area contributed by atoms with E-state index in [4.69, 9.17) is 9.47 Å². The second-order valence-electron chi connectivity index (χ2n) is 4.62. The minimum Gasteiger partial charge on any atom is -0.485 e. The molecule has 1 N–H and O–H groups in total. The van der Waals surface area contributed by atoms with Crippen LogP contribution < -0.4 is 14.8 Å². The van der Waals surface area contributed by atoms with Gasteiger partial charge in [-0.05, 0) is 19.1 Å². The van der Waals surface area contributed by atoms with Gasteiger partial charge in [-0.25, -0.2) is 0 Å². The van der Waals surface area contributed by atoms with Crippen LogP contribution >= 0.6 is 0 Å². The van der Waals surface area contributed by atoms with E-state index in [2.05, 4.69) is 15.5 Å². The first-order chi connectivity index (χ1) is 10.3. The van der Waals surface area contributed by atoms with Crippen molar-refractivity contribution in [2.24, 2.45) is 0 Å². The zero-order chi connectivity index (χ0) is 14.7. The van der Waals surface area contributed by atoms with E-state index in [9.17, 15) is 4.79 Å². The summed E-state index contributed by atoms with van der Waals surface area (Å²) in [5, 5.41) is 10.6. The Hall–Kier alpha value is -2.57. The van der Waals surface area contributed by atoms with Crippen LogP contribution in [0.4, 0.5) is 0 Å². The summed E-state index contributed by atoms with van der Waals surface area (Å²) in [4.78, 5) is 12.1. The zero-order valence-electron chi connectivity index (χ0n) is 11.7. The van der Waals surface area contributed by atoms with Gasteiger partial charge in [0.15, 0.2) is 17.3 Å². The third kappa shape index (κ3) is 2.81. The van der Waals surface area contributed by atoms with Crippen LogP contribution in [0, 0.1) is 0 Å². The highest BCUT2D eigenvalue weighted by molar-refractivity contribution is 5.81. The SMILES string of the molecule is CCn1cnnc1CNC(=O)[C@@H]1COc2ccccc2O1. The number of carbonyl (C=O) groups is 1. The van der Waals surface area contributed by atoms with Crippen molar-refractivity contribution in [1.29, 1.82) is 0 Å². The Morgan fingerprint density at radius 3 is 3.05 bits per heavy atom. The zero-order valence-corrected chi connectivity index (χ0v) is 11.7. The summed E-state index contributed by atoms with van der Waals surface area (Å²) in [5.74, 6) is 1.73. The molecule has 21 heavy (non-hydrogen) atoms. The van der Waals surface area contributed by atoms with Crippen molar-refractivity contribution in [2.75, 3.05) is 6.61 Å². The van der Waals surface area contributed by atoms with Gasteiger partial charge in [0, 0.05) is 6.54 Å². The van der Waals surface area contributed by atoms with Crippen LogP contribution in [-0.4, -0.2) is 33.4 Å². The number of rotatable bonds is 4. The van der Waals surface area contributed by atoms with E-state index in [0.29, 0.717) is 23.9 Å². The molecule has 1 aromatic heterocycles. The van der Waals surface area contributed by atoms with Crippen LogP contribution in [0.5, 0.6) is 11.5 Å². The molecule has 0 saturated heterocycles. The molecule has 1 amide bonds. The molecule has 2 aromatic rings. The highest BCUT2D eigenvalue weighted by Gasteiger charge is 2.27. The maximum Gasteiger partial charge on any atom is 0.265 e. The van der Waals surface area contributed by atoms with Crippen LogP contribution in [0.15, 0.2) is 30.6 Å². The molecule has 1 aliphatic heterocycles. The average molecular weight is 288 g/mol. The third-order valence-electron chi connectivity index (χ3n) is 3.26. The fourth-order valence-corrected chi connectivity index (χ4v) is 2.11. The lowest BCUT2D eigenvalue weighted by molar-refractivity contribution is -0.130. The van der Waals surface area contributed by atoms with Crippen LogP contribution in [-0.2, 0) is 17.9 Å². The summed E-state index contributed by atoms with van der Waals surface area (Å²) in [5.41, 5.74) is 0. The topological polar surface area (TPSA) is 78.3 Å². The minimum atomic E-state index is -0.655.